The average Bonchev–Trinajstić information content (AvgIpc) is 2.76. The molecule has 0 aliphatic carbocycles. The minimum Gasteiger partial charge on any atom is -0.497 e. The van der Waals surface area contributed by atoms with Crippen LogP contribution in [-0.2, 0) is 21.9 Å². The highest BCUT2D eigenvalue weighted by molar-refractivity contribution is 7.99. The second-order valence-corrected chi connectivity index (χ2v) is 9.50. The number of benzene rings is 2. The van der Waals surface area contributed by atoms with Gasteiger partial charge in [-0.15, -0.1) is 11.8 Å². The molecule has 0 aromatic heterocycles. The van der Waals surface area contributed by atoms with E-state index in [0.29, 0.717) is 28.8 Å². The molecule has 0 aliphatic heterocycles. The molecule has 2 amide bonds. The lowest BCUT2D eigenvalue weighted by atomic mass is 10.1. The first-order chi connectivity index (χ1) is 15.2. The summed E-state index contributed by atoms with van der Waals surface area (Å²) in [5, 5.41) is 3.94. The Bertz CT molecular complexity index is 907. The van der Waals surface area contributed by atoms with Gasteiger partial charge in [0, 0.05) is 18.3 Å². The SMILES string of the molecule is CC[C@@H](C(=O)NC(C)C)N(Cc1ccc(OC)cc1)C(=O)CSCc1ccc(Cl)c(Cl)c1. The number of amides is 2. The van der Waals surface area contributed by atoms with E-state index in [0.717, 1.165) is 16.9 Å². The standard InChI is InChI=1S/C24H30Cl2N2O3S/c1-5-22(24(30)27-16(2)3)28(13-17-6-9-19(31-4)10-7-17)23(29)15-32-14-18-8-11-20(25)21(26)12-18/h6-12,16,22H,5,13-15H2,1-4H3,(H,27,30)/t22-/m0/s1. The predicted octanol–water partition coefficient (Wildman–Crippen LogP) is 5.57. The summed E-state index contributed by atoms with van der Waals surface area (Å²) < 4.78 is 5.22. The Kier molecular flexibility index (Phi) is 10.7. The number of hydrogen-bond acceptors (Lipinski definition) is 4. The number of methoxy groups -OCH3 is 1. The van der Waals surface area contributed by atoms with Crippen molar-refractivity contribution in [1.29, 1.82) is 0 Å². The molecular weight excluding hydrogens is 467 g/mol. The molecule has 0 spiro atoms. The Labute approximate surface area is 204 Å². The van der Waals surface area contributed by atoms with Crippen molar-refractivity contribution in [3.05, 3.63) is 63.6 Å². The molecule has 32 heavy (non-hydrogen) atoms. The Morgan fingerprint density at radius 2 is 1.72 bits per heavy atom. The highest BCUT2D eigenvalue weighted by Crippen LogP contribution is 2.25. The zero-order chi connectivity index (χ0) is 23.7. The molecule has 0 fully saturated rings. The molecule has 174 valence electrons. The van der Waals surface area contributed by atoms with Crippen molar-refractivity contribution in [3.63, 3.8) is 0 Å². The van der Waals surface area contributed by atoms with Gasteiger partial charge < -0.3 is 15.0 Å². The maximum atomic E-state index is 13.2. The number of thioether (sulfide) groups is 1. The van der Waals surface area contributed by atoms with Crippen molar-refractivity contribution in [3.8, 4) is 5.75 Å². The van der Waals surface area contributed by atoms with Gasteiger partial charge in [0.2, 0.25) is 11.8 Å². The number of rotatable bonds is 11. The minimum atomic E-state index is -0.544. The van der Waals surface area contributed by atoms with E-state index in [1.165, 1.54) is 11.8 Å². The van der Waals surface area contributed by atoms with E-state index >= 15 is 0 Å². The molecule has 8 heteroatoms. The third kappa shape index (κ3) is 7.91. The highest BCUT2D eigenvalue weighted by atomic mass is 35.5. The normalized spacial score (nSPS) is 11.8. The van der Waals surface area contributed by atoms with Gasteiger partial charge in [0.15, 0.2) is 0 Å². The molecule has 0 saturated carbocycles. The van der Waals surface area contributed by atoms with Crippen LogP contribution in [0.5, 0.6) is 5.75 Å². The van der Waals surface area contributed by atoms with Gasteiger partial charge in [-0.3, -0.25) is 9.59 Å². The van der Waals surface area contributed by atoms with Crippen LogP contribution in [0, 0.1) is 0 Å². The van der Waals surface area contributed by atoms with Crippen LogP contribution < -0.4 is 10.1 Å². The van der Waals surface area contributed by atoms with Gasteiger partial charge in [-0.2, -0.15) is 0 Å². The molecule has 5 nitrogen and oxygen atoms in total. The van der Waals surface area contributed by atoms with E-state index in [2.05, 4.69) is 5.32 Å². The van der Waals surface area contributed by atoms with E-state index in [4.69, 9.17) is 27.9 Å². The second-order valence-electron chi connectivity index (χ2n) is 7.70. The number of carbonyl (C=O) groups excluding carboxylic acids is 2. The fourth-order valence-electron chi connectivity index (χ4n) is 3.20. The smallest absolute Gasteiger partial charge is 0.243 e. The van der Waals surface area contributed by atoms with Crippen LogP contribution in [0.2, 0.25) is 10.0 Å². The van der Waals surface area contributed by atoms with Crippen molar-refractivity contribution >= 4 is 46.8 Å². The van der Waals surface area contributed by atoms with E-state index in [1.807, 2.05) is 51.1 Å². The van der Waals surface area contributed by atoms with Gasteiger partial charge in [0.25, 0.3) is 0 Å². The molecule has 2 aromatic carbocycles. The van der Waals surface area contributed by atoms with Crippen LogP contribution in [0.3, 0.4) is 0 Å². The van der Waals surface area contributed by atoms with Crippen molar-refractivity contribution < 1.29 is 14.3 Å². The van der Waals surface area contributed by atoms with E-state index in [9.17, 15) is 9.59 Å². The Hall–Kier alpha value is -1.89. The molecule has 1 N–H and O–H groups in total. The first-order valence-electron chi connectivity index (χ1n) is 10.5. The van der Waals surface area contributed by atoms with Gasteiger partial charge in [-0.05, 0) is 55.7 Å². The molecule has 0 radical (unpaired) electrons. The summed E-state index contributed by atoms with van der Waals surface area (Å²) in [5.74, 6) is 1.39. The van der Waals surface area contributed by atoms with Gasteiger partial charge in [0.05, 0.1) is 22.9 Å². The summed E-state index contributed by atoms with van der Waals surface area (Å²) in [7, 11) is 1.61. The number of ether oxygens (including phenoxy) is 1. The van der Waals surface area contributed by atoms with Gasteiger partial charge in [0.1, 0.15) is 11.8 Å². The third-order valence-corrected chi connectivity index (χ3v) is 6.53. The first kappa shape index (κ1) is 26.4. The summed E-state index contributed by atoms with van der Waals surface area (Å²) in [5.41, 5.74) is 1.92. The van der Waals surface area contributed by atoms with Crippen LogP contribution in [-0.4, -0.2) is 41.7 Å². The number of nitrogens with one attached hydrogen (secondary N) is 1. The molecule has 0 heterocycles. The van der Waals surface area contributed by atoms with Crippen LogP contribution in [0.15, 0.2) is 42.5 Å². The minimum absolute atomic E-state index is 0.00137. The second kappa shape index (κ2) is 13.0. The quantitative estimate of drug-likeness (QED) is 0.441. The lowest BCUT2D eigenvalue weighted by Crippen LogP contribution is -2.50. The van der Waals surface area contributed by atoms with E-state index in [1.54, 1.807) is 24.1 Å². The molecule has 0 unspecified atom stereocenters. The maximum absolute atomic E-state index is 13.2. The summed E-state index contributed by atoms with van der Waals surface area (Å²) in [4.78, 5) is 27.7. The molecular formula is C24H30Cl2N2O3S. The molecule has 0 bridgehead atoms. The Balaban J connectivity index is 2.13. The largest absolute Gasteiger partial charge is 0.497 e. The number of hydrogen-bond donors (Lipinski definition) is 1. The van der Waals surface area contributed by atoms with Crippen LogP contribution in [0.4, 0.5) is 0 Å². The number of nitrogens with zero attached hydrogens (tertiary/aromatic N) is 1. The molecule has 0 saturated heterocycles. The number of carbonyl (C=O) groups is 2. The first-order valence-corrected chi connectivity index (χ1v) is 12.4. The average molecular weight is 497 g/mol. The van der Waals surface area contributed by atoms with Crippen molar-refractivity contribution in [2.24, 2.45) is 0 Å². The Morgan fingerprint density at radius 1 is 1.06 bits per heavy atom. The third-order valence-electron chi connectivity index (χ3n) is 4.81. The van der Waals surface area contributed by atoms with Gasteiger partial charge in [-0.1, -0.05) is 48.3 Å². The van der Waals surface area contributed by atoms with Crippen LogP contribution in [0.25, 0.3) is 0 Å². The van der Waals surface area contributed by atoms with Gasteiger partial charge >= 0.3 is 0 Å². The van der Waals surface area contributed by atoms with Crippen LogP contribution in [0.1, 0.15) is 38.3 Å². The fourth-order valence-corrected chi connectivity index (χ4v) is 4.37. The highest BCUT2D eigenvalue weighted by Gasteiger charge is 2.28. The van der Waals surface area contributed by atoms with E-state index in [-0.39, 0.29) is 23.6 Å². The van der Waals surface area contributed by atoms with Crippen molar-refractivity contribution in [2.45, 2.75) is 51.6 Å². The fraction of sp³-hybridized carbons (Fsp3) is 0.417. The Morgan fingerprint density at radius 3 is 2.28 bits per heavy atom. The number of halogens is 2. The summed E-state index contributed by atoms with van der Waals surface area (Å²) in [6.07, 6.45) is 0.526. The summed E-state index contributed by atoms with van der Waals surface area (Å²) >= 11 is 13.5. The zero-order valence-corrected chi connectivity index (χ0v) is 21.2. The topological polar surface area (TPSA) is 58.6 Å². The molecule has 2 aromatic rings. The molecule has 1 atom stereocenters. The summed E-state index contributed by atoms with van der Waals surface area (Å²) in [6, 6.07) is 12.4. The lowest BCUT2D eigenvalue weighted by molar-refractivity contribution is -0.139. The monoisotopic (exact) mass is 496 g/mol. The predicted molar refractivity (Wildman–Crippen MR) is 134 cm³/mol. The van der Waals surface area contributed by atoms with Gasteiger partial charge in [-0.25, -0.2) is 0 Å². The van der Waals surface area contributed by atoms with Crippen molar-refractivity contribution in [1.82, 2.24) is 10.2 Å². The van der Waals surface area contributed by atoms with E-state index < -0.39 is 6.04 Å². The lowest BCUT2D eigenvalue weighted by Gasteiger charge is -2.31. The maximum Gasteiger partial charge on any atom is 0.243 e. The zero-order valence-electron chi connectivity index (χ0n) is 18.9. The van der Waals surface area contributed by atoms with Crippen LogP contribution >= 0.6 is 35.0 Å². The molecule has 2 rings (SSSR count). The summed E-state index contributed by atoms with van der Waals surface area (Å²) in [6.45, 7) is 6.09. The molecule has 0 aliphatic rings. The van der Waals surface area contributed by atoms with Crippen molar-refractivity contribution in [2.75, 3.05) is 12.9 Å².